The summed E-state index contributed by atoms with van der Waals surface area (Å²) >= 11 is 1.15. The van der Waals surface area contributed by atoms with E-state index in [-0.39, 0.29) is 162 Å². The van der Waals surface area contributed by atoms with Gasteiger partial charge in [-0.1, -0.05) is 35.5 Å². The number of imide groups is 1. The Balaban J connectivity index is 0.529. The summed E-state index contributed by atoms with van der Waals surface area (Å²) in [7, 11) is 2.76. The number of hydrogen-bond donors (Lipinski definition) is 10. The third kappa shape index (κ3) is 16.9. The van der Waals surface area contributed by atoms with E-state index in [1.807, 2.05) is 6.07 Å². The van der Waals surface area contributed by atoms with Gasteiger partial charge >= 0.3 is 0 Å². The Morgan fingerprint density at radius 3 is 2.34 bits per heavy atom. The van der Waals surface area contributed by atoms with Gasteiger partial charge < -0.3 is 89.5 Å². The molecule has 4 aromatic carbocycles. The summed E-state index contributed by atoms with van der Waals surface area (Å²) in [5.41, 5.74) is 6.25. The molecule has 11 N–H and O–H groups in total. The van der Waals surface area contributed by atoms with Gasteiger partial charge in [-0.3, -0.25) is 52.8 Å². The number of ether oxygens (including phenoxy) is 6. The number of methoxy groups -OCH3 is 2. The highest BCUT2D eigenvalue weighted by Gasteiger charge is 2.50. The van der Waals surface area contributed by atoms with Crippen molar-refractivity contribution in [3.8, 4) is 34.3 Å². The number of rotatable bonds is 31. The number of hydrogen-bond acceptors (Lipinski definition) is 27. The van der Waals surface area contributed by atoms with E-state index < -0.39 is 136 Å². The summed E-state index contributed by atoms with van der Waals surface area (Å²) < 4.78 is 42.0. The van der Waals surface area contributed by atoms with Crippen LogP contribution >= 0.6 is 11.8 Å². The molecule has 5 aliphatic rings. The number of thioether (sulfide) groups is 1. The molecule has 7 aromatic rings. The lowest BCUT2D eigenvalue weighted by atomic mass is 9.71. The Hall–Kier alpha value is -10.8. The number of H-pyrrole nitrogens is 1. The van der Waals surface area contributed by atoms with Crippen molar-refractivity contribution in [1.82, 2.24) is 50.7 Å². The van der Waals surface area contributed by atoms with Crippen LogP contribution in [0.3, 0.4) is 0 Å². The maximum Gasteiger partial charge on any atom is 0.295 e. The molecule has 35 heteroatoms. The van der Waals surface area contributed by atoms with Gasteiger partial charge in [0.15, 0.2) is 12.1 Å². The summed E-state index contributed by atoms with van der Waals surface area (Å²) in [5.74, 6) is -5.65. The highest BCUT2D eigenvalue weighted by molar-refractivity contribution is 8.00. The first-order valence-electron chi connectivity index (χ1n) is 35.3. The van der Waals surface area contributed by atoms with E-state index >= 15 is 0 Å². The lowest BCUT2D eigenvalue weighted by Gasteiger charge is -2.43. The molecule has 34 nitrogen and oxygen atoms in total. The Bertz CT molecular complexity index is 4670. The van der Waals surface area contributed by atoms with Gasteiger partial charge in [0.05, 0.1) is 122 Å². The number of amides is 7. The van der Waals surface area contributed by atoms with Gasteiger partial charge in [0.25, 0.3) is 17.6 Å². The van der Waals surface area contributed by atoms with Crippen LogP contribution < -0.4 is 31.3 Å². The number of aromatic amines is 1. The number of nitrogens with two attached hydrogens (primary N) is 1. The van der Waals surface area contributed by atoms with Crippen molar-refractivity contribution in [3.63, 3.8) is 0 Å². The van der Waals surface area contributed by atoms with Gasteiger partial charge in [0, 0.05) is 124 Å². The number of aliphatic hydroxyl groups excluding tert-OH is 2. The molecule has 0 bridgehead atoms. The third-order valence-electron chi connectivity index (χ3n) is 19.6. The highest BCUT2D eigenvalue weighted by atomic mass is 32.2. The van der Waals surface area contributed by atoms with Crippen molar-refractivity contribution in [3.05, 3.63) is 141 Å². The first kappa shape index (κ1) is 77.8. The second-order valence-corrected chi connectivity index (χ2v) is 28.0. The van der Waals surface area contributed by atoms with Crippen molar-refractivity contribution in [2.24, 2.45) is 10.8 Å². The number of carbonyl (C=O) groups excluding carboxylic acids is 10. The Kier molecular flexibility index (Phi) is 24.4. The maximum atomic E-state index is 14.2. The molecule has 3 aliphatic heterocycles. The lowest BCUT2D eigenvalue weighted by Crippen LogP contribution is -2.53. The van der Waals surface area contributed by atoms with Crippen LogP contribution in [-0.4, -0.2) is 246 Å². The van der Waals surface area contributed by atoms with E-state index in [0.29, 0.717) is 45.0 Å². The SMILES string of the molecule is COc1cccc2c1C(=O)c1c(O)c3c(c(O)c1C2=O)C[C@@](O)(/C(CO)=N\NC(=O)CCCN1C(=O)CC(SCCC(=O)NCCOCc2cn(CCOCC(=O)NCc4ccc(-c5ccc(OC)c6c(C(=O)C(=O)N7CCN(C(=O)c8ccccc8)CC7)c[nH]c56)o4)nn2)C1=O)C[C@@H]3O[C@H]1C[C@H](N)[C@H](O)[C@H](C)O1. The number of piperazine rings is 1. The molecule has 7 amide bonds. The third-order valence-corrected chi connectivity index (χ3v) is 20.8. The topological polar surface area (TPSA) is 471 Å². The van der Waals surface area contributed by atoms with E-state index in [1.165, 1.54) is 48.2 Å². The normalized spacial score (nSPS) is 20.6. The van der Waals surface area contributed by atoms with Crippen molar-refractivity contribution < 1.29 is 106 Å². The number of hydrazone groups is 1. The van der Waals surface area contributed by atoms with Crippen LogP contribution in [0.25, 0.3) is 22.2 Å². The minimum atomic E-state index is -2.28. The van der Waals surface area contributed by atoms with Crippen LogP contribution in [0.5, 0.6) is 23.0 Å². The largest absolute Gasteiger partial charge is 0.507 e. The minimum Gasteiger partial charge on any atom is -0.507 e. The Labute approximate surface area is 626 Å². The van der Waals surface area contributed by atoms with Gasteiger partial charge in [-0.25, -0.2) is 10.1 Å². The van der Waals surface area contributed by atoms with E-state index in [9.17, 15) is 73.5 Å². The molecule has 576 valence electrons. The summed E-state index contributed by atoms with van der Waals surface area (Å²) in [5, 5.41) is 74.9. The number of aromatic hydroxyl groups is 2. The highest BCUT2D eigenvalue weighted by Crippen LogP contribution is 2.53. The van der Waals surface area contributed by atoms with Gasteiger partial charge in [0.2, 0.25) is 35.3 Å². The molecule has 2 aliphatic carbocycles. The number of Topliss-reactive ketones (excluding diaryl/α,β-unsaturated/α-hetero) is 1. The Morgan fingerprint density at radius 2 is 1.59 bits per heavy atom. The van der Waals surface area contributed by atoms with Gasteiger partial charge in [-0.15, -0.1) is 16.9 Å². The molecule has 12 rings (SSSR count). The number of phenolic OH excluding ortho intramolecular Hbond substituents is 2. The maximum absolute atomic E-state index is 14.2. The predicted octanol–water partition coefficient (Wildman–Crippen LogP) is 2.11. The predicted molar refractivity (Wildman–Crippen MR) is 385 cm³/mol. The fraction of sp³-hybridized carbons (Fsp3) is 0.419. The van der Waals surface area contributed by atoms with Gasteiger partial charge in [0.1, 0.15) is 52.4 Å². The van der Waals surface area contributed by atoms with Crippen LogP contribution in [0.15, 0.2) is 94.7 Å². The number of aromatic nitrogens is 4. The summed E-state index contributed by atoms with van der Waals surface area (Å²) in [4.78, 5) is 141. The van der Waals surface area contributed by atoms with Crippen molar-refractivity contribution in [1.29, 1.82) is 0 Å². The number of furan rings is 1. The zero-order chi connectivity index (χ0) is 77.4. The number of carbonyl (C=O) groups is 10. The molecule has 0 saturated carbocycles. The van der Waals surface area contributed by atoms with Crippen molar-refractivity contribution >= 4 is 87.1 Å². The number of ketones is 3. The van der Waals surface area contributed by atoms with Crippen LogP contribution in [0.4, 0.5) is 0 Å². The standard InChI is InChI=1S/C74H82N12O22S/c1-39-65(92)47(75)29-58(106-39)108-51-32-74(101,31-45-61(51)70(97)63-62(67(45)94)66(93)44-11-7-12-49(102-2)60(44)69(63)96)53(36-87)80-81-55(89)13-8-20-86-57(91)30-52(72(86)99)109-28-18-54(88)76-19-26-104-37-41-35-85(82-79-41)25-27-105-38-56(90)77-33-42-14-16-48(107-42)43-15-17-50(103-3)59-46(34-78-64(43)59)68(95)73(100)84-23-21-83(22-24-84)71(98)40-9-5-4-6-10-40/h4-7,9-12,14-17,34-35,39,47,51-52,58,65,78,87,92,94,97,101H,8,13,18-33,36-38,75H2,1-3H3,(H,76,88)(H,77,90)(H,81,89)/b80-53-/t39-,47-,51-,52?,58-,65+,74-/m0/s1. The van der Waals surface area contributed by atoms with E-state index in [0.717, 1.165) is 16.7 Å². The molecular weight excluding hydrogens is 1440 g/mol. The van der Waals surface area contributed by atoms with E-state index in [1.54, 1.807) is 66.6 Å². The fourth-order valence-electron chi connectivity index (χ4n) is 13.9. The average Bonchev–Trinajstić information content (AvgIpc) is 1.60. The van der Waals surface area contributed by atoms with E-state index in [2.05, 4.69) is 36.5 Å². The van der Waals surface area contributed by atoms with Crippen molar-refractivity contribution in [2.75, 3.05) is 85.7 Å². The van der Waals surface area contributed by atoms with Crippen molar-refractivity contribution in [2.45, 2.75) is 113 Å². The number of fused-ring (bicyclic) bond motifs is 4. The van der Waals surface area contributed by atoms with Crippen LogP contribution in [0, 0.1) is 0 Å². The molecule has 3 saturated heterocycles. The quantitative estimate of drug-likeness (QED) is 0.00566. The molecule has 109 heavy (non-hydrogen) atoms. The monoisotopic (exact) mass is 1520 g/mol. The number of nitrogens with one attached hydrogen (secondary N) is 4. The number of nitrogens with zero attached hydrogens (tertiary/aromatic N) is 7. The zero-order valence-electron chi connectivity index (χ0n) is 59.7. The lowest BCUT2D eigenvalue weighted by molar-refractivity contribution is -0.245. The first-order chi connectivity index (χ1) is 52.5. The van der Waals surface area contributed by atoms with E-state index in [4.69, 9.17) is 38.6 Å². The first-order valence-corrected chi connectivity index (χ1v) is 36.3. The fourth-order valence-corrected chi connectivity index (χ4v) is 15.0. The van der Waals surface area contributed by atoms with Gasteiger partial charge in [-0.05, 0) is 55.8 Å². The number of aliphatic hydroxyl groups is 3. The summed E-state index contributed by atoms with van der Waals surface area (Å²) in [6.45, 7) is 1.99. The number of phenols is 2. The van der Waals surface area contributed by atoms with Gasteiger partial charge in [-0.2, -0.15) is 5.10 Å². The number of likely N-dealkylation sites (tertiary alicyclic amines) is 1. The number of benzene rings is 4. The van der Waals surface area contributed by atoms with Crippen LogP contribution in [0.1, 0.15) is 127 Å². The average molecular weight is 1520 g/mol. The second kappa shape index (κ2) is 34.2. The summed E-state index contributed by atoms with van der Waals surface area (Å²) in [6.07, 6.45) is -3.03. The minimum absolute atomic E-state index is 0.00546. The molecule has 0 spiro atoms. The molecule has 0 radical (unpaired) electrons. The Morgan fingerprint density at radius 1 is 0.826 bits per heavy atom. The molecule has 3 aromatic heterocycles. The zero-order valence-corrected chi connectivity index (χ0v) is 60.5. The molecule has 7 atom stereocenters. The summed E-state index contributed by atoms with van der Waals surface area (Å²) in [6, 6.07) is 19.2. The molecular formula is C74H82N12O22S. The second-order valence-electron chi connectivity index (χ2n) is 26.6. The smallest absolute Gasteiger partial charge is 0.295 e. The molecule has 3 fully saturated rings. The molecule has 1 unspecified atom stereocenters. The molecule has 6 heterocycles. The van der Waals surface area contributed by atoms with Crippen LogP contribution in [-0.2, 0) is 73.8 Å². The van der Waals surface area contributed by atoms with Crippen LogP contribution in [0.2, 0.25) is 0 Å².